The number of nitrogens with zero attached hydrogens (tertiary/aromatic N) is 1. The number of rotatable bonds is 8. The number of carbonyl (C=O) groups excluding carboxylic acids is 1. The van der Waals surface area contributed by atoms with Crippen molar-refractivity contribution in [3.63, 3.8) is 0 Å². The summed E-state index contributed by atoms with van der Waals surface area (Å²) in [6.45, 7) is 5.75. The predicted octanol–water partition coefficient (Wildman–Crippen LogP) is 4.23. The molecule has 1 N–H and O–H groups in total. The quantitative estimate of drug-likeness (QED) is 0.581. The minimum atomic E-state index is -0.127. The van der Waals surface area contributed by atoms with E-state index >= 15 is 0 Å². The van der Waals surface area contributed by atoms with Gasteiger partial charge >= 0.3 is 0 Å². The van der Waals surface area contributed by atoms with Crippen LogP contribution >= 0.6 is 0 Å². The van der Waals surface area contributed by atoms with E-state index in [-0.39, 0.29) is 18.6 Å². The molecule has 1 heterocycles. The van der Waals surface area contributed by atoms with Crippen molar-refractivity contribution in [2.45, 2.75) is 13.0 Å². The summed E-state index contributed by atoms with van der Waals surface area (Å²) < 4.78 is 11.4. The normalized spacial score (nSPS) is 15.2. The molecule has 0 saturated carbocycles. The standard InChI is InChI=1S/C27H30N2O3/c1-21-11-13-23(14-12-21)25(29-15-17-31-18-16-29)19-28-27(30)20-32-26-10-6-5-9-24(26)22-7-3-2-4-8-22/h2-14,25H,15-20H2,1H3,(H,28,30). The van der Waals surface area contributed by atoms with Crippen LogP contribution in [0.2, 0.25) is 0 Å². The van der Waals surface area contributed by atoms with Gasteiger partial charge in [0.15, 0.2) is 6.61 Å². The fraction of sp³-hybridized carbons (Fsp3) is 0.296. The number of ether oxygens (including phenoxy) is 2. The van der Waals surface area contributed by atoms with Gasteiger partial charge in [-0.05, 0) is 24.1 Å². The van der Waals surface area contributed by atoms with Gasteiger partial charge in [-0.1, -0.05) is 78.4 Å². The van der Waals surface area contributed by atoms with Gasteiger partial charge in [0.2, 0.25) is 0 Å². The lowest BCUT2D eigenvalue weighted by Crippen LogP contribution is -2.44. The molecule has 166 valence electrons. The molecule has 4 rings (SSSR count). The number of para-hydroxylation sites is 1. The molecule has 32 heavy (non-hydrogen) atoms. The Kier molecular flexibility index (Phi) is 7.54. The van der Waals surface area contributed by atoms with E-state index in [9.17, 15) is 4.79 Å². The molecular formula is C27H30N2O3. The Hall–Kier alpha value is -3.15. The molecule has 5 heteroatoms. The molecule has 0 spiro atoms. The molecule has 1 unspecified atom stereocenters. The van der Waals surface area contributed by atoms with E-state index in [4.69, 9.17) is 9.47 Å². The molecule has 0 radical (unpaired) electrons. The maximum atomic E-state index is 12.7. The molecule has 1 fully saturated rings. The molecule has 1 aliphatic heterocycles. The topological polar surface area (TPSA) is 50.8 Å². The van der Waals surface area contributed by atoms with Crippen LogP contribution in [0.3, 0.4) is 0 Å². The van der Waals surface area contributed by atoms with Crippen LogP contribution in [0.25, 0.3) is 11.1 Å². The van der Waals surface area contributed by atoms with Gasteiger partial charge in [-0.25, -0.2) is 0 Å². The first kappa shape index (κ1) is 22.1. The molecule has 1 amide bonds. The summed E-state index contributed by atoms with van der Waals surface area (Å²) in [5, 5.41) is 3.08. The summed E-state index contributed by atoms with van der Waals surface area (Å²) in [6, 6.07) is 26.5. The average molecular weight is 431 g/mol. The number of hydrogen-bond donors (Lipinski definition) is 1. The Morgan fingerprint density at radius 3 is 2.41 bits per heavy atom. The highest BCUT2D eigenvalue weighted by atomic mass is 16.5. The maximum Gasteiger partial charge on any atom is 0.258 e. The molecular weight excluding hydrogens is 400 g/mol. The highest BCUT2D eigenvalue weighted by molar-refractivity contribution is 5.78. The summed E-state index contributed by atoms with van der Waals surface area (Å²) >= 11 is 0. The molecule has 5 nitrogen and oxygen atoms in total. The lowest BCUT2D eigenvalue weighted by Gasteiger charge is -2.35. The average Bonchev–Trinajstić information content (AvgIpc) is 2.85. The summed E-state index contributed by atoms with van der Waals surface area (Å²) in [5.74, 6) is 0.579. The second kappa shape index (κ2) is 10.9. The monoisotopic (exact) mass is 430 g/mol. The number of hydrogen-bond acceptors (Lipinski definition) is 4. The van der Waals surface area contributed by atoms with Crippen molar-refractivity contribution in [1.29, 1.82) is 0 Å². The molecule has 3 aromatic rings. The summed E-state index contributed by atoms with van der Waals surface area (Å²) in [6.07, 6.45) is 0. The highest BCUT2D eigenvalue weighted by Crippen LogP contribution is 2.29. The second-order valence-electron chi connectivity index (χ2n) is 8.03. The highest BCUT2D eigenvalue weighted by Gasteiger charge is 2.23. The first-order valence-electron chi connectivity index (χ1n) is 11.1. The van der Waals surface area contributed by atoms with E-state index in [0.29, 0.717) is 12.3 Å². The van der Waals surface area contributed by atoms with Crippen LogP contribution in [0.4, 0.5) is 0 Å². The summed E-state index contributed by atoms with van der Waals surface area (Å²) in [5.41, 5.74) is 4.47. The third-order valence-corrected chi connectivity index (χ3v) is 5.77. The fourth-order valence-corrected chi connectivity index (χ4v) is 3.99. The first-order chi connectivity index (χ1) is 15.7. The first-order valence-corrected chi connectivity index (χ1v) is 11.1. The van der Waals surface area contributed by atoms with Gasteiger partial charge < -0.3 is 14.8 Å². The Morgan fingerprint density at radius 1 is 0.969 bits per heavy atom. The Bertz CT molecular complexity index is 999. The molecule has 0 aliphatic carbocycles. The number of aryl methyl sites for hydroxylation is 1. The molecule has 0 bridgehead atoms. The maximum absolute atomic E-state index is 12.7. The van der Waals surface area contributed by atoms with Crippen LogP contribution < -0.4 is 10.1 Å². The largest absolute Gasteiger partial charge is 0.483 e. The van der Waals surface area contributed by atoms with E-state index < -0.39 is 0 Å². The van der Waals surface area contributed by atoms with Crippen molar-refractivity contribution in [1.82, 2.24) is 10.2 Å². The molecule has 1 aliphatic rings. The molecule has 1 saturated heterocycles. The van der Waals surface area contributed by atoms with Crippen LogP contribution in [-0.4, -0.2) is 50.3 Å². The van der Waals surface area contributed by atoms with Crippen LogP contribution in [0, 0.1) is 6.92 Å². The third kappa shape index (κ3) is 5.75. The number of amides is 1. The zero-order chi connectivity index (χ0) is 22.2. The summed E-state index contributed by atoms with van der Waals surface area (Å²) in [7, 11) is 0. The Balaban J connectivity index is 1.38. The minimum Gasteiger partial charge on any atom is -0.483 e. The second-order valence-corrected chi connectivity index (χ2v) is 8.03. The van der Waals surface area contributed by atoms with Crippen LogP contribution in [-0.2, 0) is 9.53 Å². The van der Waals surface area contributed by atoms with Gasteiger partial charge in [-0.3, -0.25) is 9.69 Å². The van der Waals surface area contributed by atoms with E-state index in [1.807, 2.05) is 54.6 Å². The number of morpholine rings is 1. The zero-order valence-corrected chi connectivity index (χ0v) is 18.5. The lowest BCUT2D eigenvalue weighted by atomic mass is 10.0. The van der Waals surface area contributed by atoms with Gasteiger partial charge in [-0.2, -0.15) is 0 Å². The van der Waals surface area contributed by atoms with Gasteiger partial charge in [0, 0.05) is 25.2 Å². The Labute approximate surface area is 190 Å². The summed E-state index contributed by atoms with van der Waals surface area (Å²) in [4.78, 5) is 15.0. The van der Waals surface area contributed by atoms with Gasteiger partial charge in [0.05, 0.1) is 19.3 Å². The minimum absolute atomic E-state index is 0.0203. The van der Waals surface area contributed by atoms with Crippen molar-refractivity contribution in [2.75, 3.05) is 39.5 Å². The third-order valence-electron chi connectivity index (χ3n) is 5.77. The zero-order valence-electron chi connectivity index (χ0n) is 18.5. The van der Waals surface area contributed by atoms with E-state index in [2.05, 4.69) is 41.4 Å². The van der Waals surface area contributed by atoms with Crippen LogP contribution in [0.5, 0.6) is 5.75 Å². The van der Waals surface area contributed by atoms with E-state index in [1.165, 1.54) is 11.1 Å². The van der Waals surface area contributed by atoms with Crippen molar-refractivity contribution >= 4 is 5.91 Å². The van der Waals surface area contributed by atoms with Crippen molar-refractivity contribution in [3.8, 4) is 16.9 Å². The van der Waals surface area contributed by atoms with Gasteiger partial charge in [0.25, 0.3) is 5.91 Å². The fourth-order valence-electron chi connectivity index (χ4n) is 3.99. The Morgan fingerprint density at radius 2 is 1.66 bits per heavy atom. The number of carbonyl (C=O) groups is 1. The van der Waals surface area contributed by atoms with E-state index in [0.717, 1.165) is 37.4 Å². The SMILES string of the molecule is Cc1ccc(C(CNC(=O)COc2ccccc2-c2ccccc2)N2CCOCC2)cc1. The lowest BCUT2D eigenvalue weighted by molar-refractivity contribution is -0.123. The number of benzene rings is 3. The molecule has 3 aromatic carbocycles. The van der Waals surface area contributed by atoms with Gasteiger partial charge in [0.1, 0.15) is 5.75 Å². The van der Waals surface area contributed by atoms with Crippen molar-refractivity contribution in [3.05, 3.63) is 90.0 Å². The van der Waals surface area contributed by atoms with Crippen molar-refractivity contribution in [2.24, 2.45) is 0 Å². The smallest absolute Gasteiger partial charge is 0.258 e. The van der Waals surface area contributed by atoms with Gasteiger partial charge in [-0.15, -0.1) is 0 Å². The van der Waals surface area contributed by atoms with Crippen molar-refractivity contribution < 1.29 is 14.3 Å². The predicted molar refractivity (Wildman–Crippen MR) is 127 cm³/mol. The van der Waals surface area contributed by atoms with Crippen LogP contribution in [0.15, 0.2) is 78.9 Å². The molecule has 0 aromatic heterocycles. The number of nitrogens with one attached hydrogen (secondary N) is 1. The van der Waals surface area contributed by atoms with Crippen LogP contribution in [0.1, 0.15) is 17.2 Å². The molecule has 1 atom stereocenters. The van der Waals surface area contributed by atoms with E-state index in [1.54, 1.807) is 0 Å².